The Bertz CT molecular complexity index is 864. The molecule has 1 saturated carbocycles. The van der Waals surface area contributed by atoms with Gasteiger partial charge in [-0.2, -0.15) is 0 Å². The molecule has 0 radical (unpaired) electrons. The molecule has 0 saturated heterocycles. The number of imidazole rings is 1. The standard InChI is InChI=1S/C22H33N7O/c1-5-23-21(27-16-22(10-6-7-11-22)20(30)28(3)4)26-15-18-8-9-19(25-14-18)29-13-12-24-17(29)2/h8-9,12-14H,5-7,10-11,15-16H2,1-4H3,(H2,23,26,27). The number of aryl methyl sites for hydroxylation is 1. The van der Waals surface area contributed by atoms with Crippen LogP contribution in [0.5, 0.6) is 0 Å². The molecule has 0 aliphatic heterocycles. The third-order valence-corrected chi connectivity index (χ3v) is 5.66. The van der Waals surface area contributed by atoms with Gasteiger partial charge >= 0.3 is 0 Å². The summed E-state index contributed by atoms with van der Waals surface area (Å²) in [5.74, 6) is 2.68. The largest absolute Gasteiger partial charge is 0.357 e. The monoisotopic (exact) mass is 411 g/mol. The van der Waals surface area contributed by atoms with Crippen LogP contribution in [0, 0.1) is 12.3 Å². The summed E-state index contributed by atoms with van der Waals surface area (Å²) in [6.45, 7) is 5.87. The predicted octanol–water partition coefficient (Wildman–Crippen LogP) is 2.28. The molecule has 1 aliphatic rings. The van der Waals surface area contributed by atoms with Gasteiger partial charge in [-0.15, -0.1) is 0 Å². The quantitative estimate of drug-likeness (QED) is 0.539. The van der Waals surface area contributed by atoms with Crippen LogP contribution in [0.25, 0.3) is 5.82 Å². The molecular formula is C22H33N7O. The van der Waals surface area contributed by atoms with E-state index in [1.165, 1.54) is 0 Å². The van der Waals surface area contributed by atoms with Gasteiger partial charge in [-0.3, -0.25) is 9.36 Å². The molecule has 1 amide bonds. The lowest BCUT2D eigenvalue weighted by molar-refractivity contribution is -0.138. The number of rotatable bonds is 7. The van der Waals surface area contributed by atoms with Crippen LogP contribution in [0.1, 0.15) is 44.0 Å². The van der Waals surface area contributed by atoms with Crippen LogP contribution in [-0.2, 0) is 11.3 Å². The maximum atomic E-state index is 12.8. The Hall–Kier alpha value is -2.90. The van der Waals surface area contributed by atoms with E-state index in [4.69, 9.17) is 4.99 Å². The summed E-state index contributed by atoms with van der Waals surface area (Å²) in [7, 11) is 3.67. The summed E-state index contributed by atoms with van der Waals surface area (Å²) in [5, 5.41) is 6.69. The van der Waals surface area contributed by atoms with Crippen molar-refractivity contribution in [2.24, 2.45) is 10.4 Å². The van der Waals surface area contributed by atoms with Gasteiger partial charge in [-0.05, 0) is 38.3 Å². The van der Waals surface area contributed by atoms with Gasteiger partial charge in [0.15, 0.2) is 5.96 Å². The van der Waals surface area contributed by atoms with E-state index >= 15 is 0 Å². The summed E-state index contributed by atoms with van der Waals surface area (Å²) in [5.41, 5.74) is 0.694. The number of guanidine groups is 1. The summed E-state index contributed by atoms with van der Waals surface area (Å²) >= 11 is 0. The molecule has 2 aromatic heterocycles. The average molecular weight is 412 g/mol. The topological polar surface area (TPSA) is 87.4 Å². The Kier molecular flexibility index (Phi) is 7.07. The van der Waals surface area contributed by atoms with Crippen molar-refractivity contribution in [2.45, 2.75) is 46.1 Å². The first-order valence-corrected chi connectivity index (χ1v) is 10.6. The lowest BCUT2D eigenvalue weighted by Gasteiger charge is -2.31. The van der Waals surface area contributed by atoms with Gasteiger partial charge in [0.2, 0.25) is 5.91 Å². The Balaban J connectivity index is 1.65. The number of pyridine rings is 1. The maximum absolute atomic E-state index is 12.8. The fourth-order valence-electron chi connectivity index (χ4n) is 4.03. The molecular weight excluding hydrogens is 378 g/mol. The highest BCUT2D eigenvalue weighted by molar-refractivity contribution is 5.85. The molecule has 0 unspecified atom stereocenters. The minimum atomic E-state index is -0.328. The molecule has 0 spiro atoms. The van der Waals surface area contributed by atoms with Crippen LogP contribution in [-0.4, -0.2) is 58.5 Å². The molecule has 2 heterocycles. The summed E-state index contributed by atoms with van der Waals surface area (Å²) < 4.78 is 1.95. The highest BCUT2D eigenvalue weighted by Crippen LogP contribution is 2.38. The van der Waals surface area contributed by atoms with Crippen molar-refractivity contribution in [3.63, 3.8) is 0 Å². The first-order chi connectivity index (χ1) is 14.4. The summed E-state index contributed by atoms with van der Waals surface area (Å²) in [6.07, 6.45) is 9.56. The van der Waals surface area contributed by atoms with E-state index in [1.807, 2.05) is 57.0 Å². The van der Waals surface area contributed by atoms with Gasteiger partial charge < -0.3 is 15.5 Å². The van der Waals surface area contributed by atoms with E-state index in [-0.39, 0.29) is 11.3 Å². The van der Waals surface area contributed by atoms with Gasteiger partial charge in [-0.1, -0.05) is 18.9 Å². The molecule has 2 aromatic rings. The molecule has 8 heteroatoms. The number of hydrogen-bond acceptors (Lipinski definition) is 4. The first-order valence-electron chi connectivity index (χ1n) is 10.6. The number of amides is 1. The van der Waals surface area contributed by atoms with Crippen molar-refractivity contribution in [2.75, 3.05) is 27.2 Å². The number of carbonyl (C=O) groups is 1. The van der Waals surface area contributed by atoms with Gasteiger partial charge in [-0.25, -0.2) is 15.0 Å². The van der Waals surface area contributed by atoms with Gasteiger partial charge in [0.1, 0.15) is 11.6 Å². The van der Waals surface area contributed by atoms with E-state index in [0.29, 0.717) is 13.1 Å². The van der Waals surface area contributed by atoms with Crippen LogP contribution < -0.4 is 10.6 Å². The number of nitrogens with zero attached hydrogens (tertiary/aromatic N) is 5. The molecule has 0 bridgehead atoms. The average Bonchev–Trinajstić information content (AvgIpc) is 3.39. The third-order valence-electron chi connectivity index (χ3n) is 5.66. The van der Waals surface area contributed by atoms with E-state index in [2.05, 4.69) is 20.6 Å². The molecule has 1 fully saturated rings. The lowest BCUT2D eigenvalue weighted by atomic mass is 9.84. The first kappa shape index (κ1) is 21.8. The molecule has 0 atom stereocenters. The lowest BCUT2D eigenvalue weighted by Crippen LogP contribution is -2.49. The van der Waals surface area contributed by atoms with Crippen LogP contribution >= 0.6 is 0 Å². The van der Waals surface area contributed by atoms with Crippen molar-refractivity contribution < 1.29 is 4.79 Å². The second kappa shape index (κ2) is 9.73. The number of nitrogens with one attached hydrogen (secondary N) is 2. The van der Waals surface area contributed by atoms with Gasteiger partial charge in [0, 0.05) is 45.8 Å². The van der Waals surface area contributed by atoms with Crippen molar-refractivity contribution >= 4 is 11.9 Å². The van der Waals surface area contributed by atoms with Crippen LogP contribution in [0.15, 0.2) is 35.7 Å². The zero-order chi connectivity index (χ0) is 21.6. The number of aliphatic imine (C=N–C) groups is 1. The Labute approximate surface area is 178 Å². The minimum Gasteiger partial charge on any atom is -0.357 e. The van der Waals surface area contributed by atoms with Crippen LogP contribution in [0.4, 0.5) is 0 Å². The fourth-order valence-corrected chi connectivity index (χ4v) is 4.03. The molecule has 1 aliphatic carbocycles. The molecule has 3 rings (SSSR count). The van der Waals surface area contributed by atoms with Gasteiger partial charge in [0.25, 0.3) is 0 Å². The van der Waals surface area contributed by atoms with E-state index < -0.39 is 0 Å². The number of aromatic nitrogens is 3. The van der Waals surface area contributed by atoms with Crippen molar-refractivity contribution in [3.8, 4) is 5.82 Å². The third kappa shape index (κ3) is 4.98. The van der Waals surface area contributed by atoms with Crippen LogP contribution in [0.3, 0.4) is 0 Å². The Morgan fingerprint density at radius 3 is 2.57 bits per heavy atom. The predicted molar refractivity (Wildman–Crippen MR) is 119 cm³/mol. The van der Waals surface area contributed by atoms with Crippen molar-refractivity contribution in [3.05, 3.63) is 42.1 Å². The summed E-state index contributed by atoms with van der Waals surface area (Å²) in [6, 6.07) is 4.01. The molecule has 0 aromatic carbocycles. The SMILES string of the molecule is CCNC(=NCc1ccc(-n2ccnc2C)nc1)NCC1(C(=O)N(C)C)CCCC1. The van der Waals surface area contributed by atoms with Crippen LogP contribution in [0.2, 0.25) is 0 Å². The Morgan fingerprint density at radius 2 is 2.00 bits per heavy atom. The van der Waals surface area contributed by atoms with Crippen molar-refractivity contribution in [1.29, 1.82) is 0 Å². The summed E-state index contributed by atoms with van der Waals surface area (Å²) in [4.78, 5) is 28.0. The van der Waals surface area contributed by atoms with E-state index in [0.717, 1.165) is 55.4 Å². The highest BCUT2D eigenvalue weighted by atomic mass is 16.2. The molecule has 8 nitrogen and oxygen atoms in total. The normalized spacial score (nSPS) is 15.8. The number of hydrogen-bond donors (Lipinski definition) is 2. The second-order valence-corrected chi connectivity index (χ2v) is 8.10. The second-order valence-electron chi connectivity index (χ2n) is 8.10. The Morgan fingerprint density at radius 1 is 1.23 bits per heavy atom. The molecule has 2 N–H and O–H groups in total. The minimum absolute atomic E-state index is 0.206. The van der Waals surface area contributed by atoms with Crippen molar-refractivity contribution in [1.82, 2.24) is 30.1 Å². The fraction of sp³-hybridized carbons (Fsp3) is 0.545. The van der Waals surface area contributed by atoms with Gasteiger partial charge in [0.05, 0.1) is 12.0 Å². The highest BCUT2D eigenvalue weighted by Gasteiger charge is 2.42. The number of carbonyl (C=O) groups excluding carboxylic acids is 1. The van der Waals surface area contributed by atoms with E-state index in [9.17, 15) is 4.79 Å². The van der Waals surface area contributed by atoms with E-state index in [1.54, 1.807) is 11.1 Å². The smallest absolute Gasteiger partial charge is 0.230 e. The molecule has 30 heavy (non-hydrogen) atoms. The zero-order valence-electron chi connectivity index (χ0n) is 18.5. The zero-order valence-corrected chi connectivity index (χ0v) is 18.5. The maximum Gasteiger partial charge on any atom is 0.230 e. The molecule has 162 valence electrons.